The smallest absolute Gasteiger partial charge is 0.291 e. The van der Waals surface area contributed by atoms with Crippen LogP contribution in [0.15, 0.2) is 65.4 Å². The van der Waals surface area contributed by atoms with Gasteiger partial charge in [-0.25, -0.2) is 4.98 Å². The van der Waals surface area contributed by atoms with Crippen LogP contribution in [0.25, 0.3) is 0 Å². The van der Waals surface area contributed by atoms with Crippen molar-refractivity contribution in [2.75, 3.05) is 29.6 Å². The third-order valence-corrected chi connectivity index (χ3v) is 3.63. The van der Waals surface area contributed by atoms with Crippen LogP contribution in [0.3, 0.4) is 0 Å². The van der Waals surface area contributed by atoms with Gasteiger partial charge in [0.25, 0.3) is 11.8 Å². The van der Waals surface area contributed by atoms with Gasteiger partial charge in [0, 0.05) is 14.1 Å². The number of benzene rings is 1. The van der Waals surface area contributed by atoms with Gasteiger partial charge in [0.1, 0.15) is 5.82 Å². The first kappa shape index (κ1) is 17.2. The average molecular weight is 350 g/mol. The van der Waals surface area contributed by atoms with E-state index in [1.54, 1.807) is 54.7 Å². The first-order valence-corrected chi connectivity index (χ1v) is 7.93. The molecule has 7 heteroatoms. The van der Waals surface area contributed by atoms with Crippen LogP contribution in [0.5, 0.6) is 0 Å². The molecule has 0 saturated carbocycles. The van der Waals surface area contributed by atoms with Crippen molar-refractivity contribution in [2.24, 2.45) is 0 Å². The highest BCUT2D eigenvalue weighted by atomic mass is 16.3. The maximum Gasteiger partial charge on any atom is 0.291 e. The third kappa shape index (κ3) is 3.89. The highest BCUT2D eigenvalue weighted by Crippen LogP contribution is 2.19. The van der Waals surface area contributed by atoms with Gasteiger partial charge < -0.3 is 20.0 Å². The molecule has 0 atom stereocenters. The van der Waals surface area contributed by atoms with Gasteiger partial charge in [0.2, 0.25) is 0 Å². The lowest BCUT2D eigenvalue weighted by atomic mass is 10.1. The maximum atomic E-state index is 12.6. The number of nitrogens with one attached hydrogen (secondary N) is 2. The van der Waals surface area contributed by atoms with E-state index < -0.39 is 5.91 Å². The molecule has 132 valence electrons. The van der Waals surface area contributed by atoms with Crippen LogP contribution in [-0.2, 0) is 0 Å². The van der Waals surface area contributed by atoms with Gasteiger partial charge in [0.15, 0.2) is 5.76 Å². The quantitative estimate of drug-likeness (QED) is 0.737. The van der Waals surface area contributed by atoms with Gasteiger partial charge in [-0.15, -0.1) is 0 Å². The molecule has 2 N–H and O–H groups in total. The van der Waals surface area contributed by atoms with Gasteiger partial charge >= 0.3 is 0 Å². The van der Waals surface area contributed by atoms with Gasteiger partial charge in [0.05, 0.1) is 29.4 Å². The number of hydrogen-bond acceptors (Lipinski definition) is 5. The van der Waals surface area contributed by atoms with Crippen molar-refractivity contribution in [1.82, 2.24) is 4.98 Å². The van der Waals surface area contributed by atoms with E-state index in [4.69, 9.17) is 4.42 Å². The van der Waals surface area contributed by atoms with Gasteiger partial charge in [-0.05, 0) is 36.4 Å². The Bertz CT molecular complexity index is 903. The number of anilines is 3. The summed E-state index contributed by atoms with van der Waals surface area (Å²) in [5, 5.41) is 5.47. The monoisotopic (exact) mass is 350 g/mol. The molecule has 3 rings (SSSR count). The van der Waals surface area contributed by atoms with Crippen LogP contribution in [-0.4, -0.2) is 30.9 Å². The molecule has 3 aromatic rings. The first-order chi connectivity index (χ1) is 12.5. The van der Waals surface area contributed by atoms with Crippen molar-refractivity contribution >= 4 is 29.0 Å². The molecule has 0 fully saturated rings. The topological polar surface area (TPSA) is 87.5 Å². The number of pyridine rings is 1. The van der Waals surface area contributed by atoms with Gasteiger partial charge in [-0.1, -0.05) is 12.1 Å². The predicted molar refractivity (Wildman–Crippen MR) is 99.6 cm³/mol. The molecule has 1 aromatic carbocycles. The Morgan fingerprint density at radius 2 is 1.77 bits per heavy atom. The Hall–Kier alpha value is -3.61. The minimum atomic E-state index is -0.424. The number of rotatable bonds is 5. The van der Waals surface area contributed by atoms with Crippen molar-refractivity contribution in [3.63, 3.8) is 0 Å². The summed E-state index contributed by atoms with van der Waals surface area (Å²) >= 11 is 0. The van der Waals surface area contributed by atoms with Crippen molar-refractivity contribution in [2.45, 2.75) is 0 Å². The number of hydrogen-bond donors (Lipinski definition) is 2. The lowest BCUT2D eigenvalue weighted by Crippen LogP contribution is -2.18. The van der Waals surface area contributed by atoms with E-state index in [1.807, 2.05) is 19.0 Å². The zero-order valence-electron chi connectivity index (χ0n) is 14.4. The van der Waals surface area contributed by atoms with Crippen LogP contribution in [0.2, 0.25) is 0 Å². The van der Waals surface area contributed by atoms with E-state index in [0.29, 0.717) is 16.9 Å². The largest absolute Gasteiger partial charge is 0.459 e. The molecular formula is C19H18N4O3. The molecule has 2 amide bonds. The highest BCUT2D eigenvalue weighted by molar-refractivity contribution is 6.11. The maximum absolute atomic E-state index is 12.6. The predicted octanol–water partition coefficient (Wildman–Crippen LogP) is 3.25. The Kier molecular flexibility index (Phi) is 4.98. The van der Waals surface area contributed by atoms with Crippen LogP contribution in [0.1, 0.15) is 20.9 Å². The number of carbonyl (C=O) groups excluding carboxylic acids is 2. The molecule has 0 unspecified atom stereocenters. The molecule has 0 aliphatic carbocycles. The lowest BCUT2D eigenvalue weighted by molar-refractivity contribution is 0.0996. The summed E-state index contributed by atoms with van der Waals surface area (Å²) < 4.78 is 5.07. The number of amides is 2. The molecule has 2 heterocycles. The second-order valence-electron chi connectivity index (χ2n) is 5.73. The molecule has 7 nitrogen and oxygen atoms in total. The summed E-state index contributed by atoms with van der Waals surface area (Å²) in [7, 11) is 3.77. The highest BCUT2D eigenvalue weighted by Gasteiger charge is 2.15. The van der Waals surface area contributed by atoms with Crippen LogP contribution in [0.4, 0.5) is 17.2 Å². The van der Waals surface area contributed by atoms with Crippen LogP contribution < -0.4 is 15.5 Å². The van der Waals surface area contributed by atoms with Crippen LogP contribution in [0, 0.1) is 0 Å². The third-order valence-electron chi connectivity index (χ3n) is 3.63. The minimum Gasteiger partial charge on any atom is -0.459 e. The summed E-state index contributed by atoms with van der Waals surface area (Å²) in [6.45, 7) is 0. The van der Waals surface area contributed by atoms with E-state index in [0.717, 1.165) is 5.82 Å². The number of furan rings is 1. The number of carbonyl (C=O) groups is 2. The van der Waals surface area contributed by atoms with E-state index in [9.17, 15) is 9.59 Å². The average Bonchev–Trinajstić information content (AvgIpc) is 3.17. The van der Waals surface area contributed by atoms with Crippen LogP contribution >= 0.6 is 0 Å². The zero-order valence-corrected chi connectivity index (χ0v) is 14.4. The summed E-state index contributed by atoms with van der Waals surface area (Å²) in [5.74, 6) is 0.185. The van der Waals surface area contributed by atoms with E-state index in [1.165, 1.54) is 6.26 Å². The summed E-state index contributed by atoms with van der Waals surface area (Å²) in [5.41, 5.74) is 1.29. The van der Waals surface area contributed by atoms with Gasteiger partial charge in [-0.2, -0.15) is 0 Å². The second kappa shape index (κ2) is 7.52. The first-order valence-electron chi connectivity index (χ1n) is 7.93. The number of aromatic nitrogens is 1. The molecule has 0 bridgehead atoms. The zero-order chi connectivity index (χ0) is 18.5. The Labute approximate surface area is 150 Å². The Morgan fingerprint density at radius 3 is 2.42 bits per heavy atom. The van der Waals surface area contributed by atoms with Crippen molar-refractivity contribution in [3.8, 4) is 0 Å². The fourth-order valence-corrected chi connectivity index (χ4v) is 2.30. The van der Waals surface area contributed by atoms with Crippen molar-refractivity contribution in [1.29, 1.82) is 0 Å². The fraction of sp³-hybridized carbons (Fsp3) is 0.105. The van der Waals surface area contributed by atoms with Crippen molar-refractivity contribution < 1.29 is 14.0 Å². The molecular weight excluding hydrogens is 332 g/mol. The van der Waals surface area contributed by atoms with E-state index >= 15 is 0 Å². The molecule has 0 aliphatic rings. The molecule has 2 aromatic heterocycles. The Morgan fingerprint density at radius 1 is 0.962 bits per heavy atom. The normalized spacial score (nSPS) is 10.2. The molecule has 26 heavy (non-hydrogen) atoms. The van der Waals surface area contributed by atoms with Crippen molar-refractivity contribution in [3.05, 3.63) is 72.3 Å². The summed E-state index contributed by atoms with van der Waals surface area (Å²) in [6, 6.07) is 13.5. The SMILES string of the molecule is CN(C)c1ccc(NC(=O)c2ccccc2NC(=O)c2ccco2)cn1. The summed E-state index contributed by atoms with van der Waals surface area (Å²) in [6.07, 6.45) is 3.00. The fourth-order valence-electron chi connectivity index (χ4n) is 2.30. The Balaban J connectivity index is 1.76. The minimum absolute atomic E-state index is 0.170. The van der Waals surface area contributed by atoms with Gasteiger partial charge in [-0.3, -0.25) is 9.59 Å². The lowest BCUT2D eigenvalue weighted by Gasteiger charge is -2.13. The van der Waals surface area contributed by atoms with E-state index in [-0.39, 0.29) is 11.7 Å². The standard InChI is InChI=1S/C19H18N4O3/c1-23(2)17-10-9-13(12-20-17)21-18(24)14-6-3-4-7-15(14)22-19(25)16-8-5-11-26-16/h3-12H,1-2H3,(H,21,24)(H,22,25). The molecule has 0 radical (unpaired) electrons. The second-order valence-corrected chi connectivity index (χ2v) is 5.73. The number of nitrogens with zero attached hydrogens (tertiary/aromatic N) is 2. The summed E-state index contributed by atoms with van der Waals surface area (Å²) in [4.78, 5) is 30.9. The molecule has 0 spiro atoms. The van der Waals surface area contributed by atoms with E-state index in [2.05, 4.69) is 15.6 Å². The molecule has 0 aliphatic heterocycles. The number of para-hydroxylation sites is 1. The molecule has 0 saturated heterocycles.